The number of likely N-dealkylation sites (N-methyl/N-ethyl adjacent to an activating group) is 1. The van der Waals surface area contributed by atoms with E-state index in [0.29, 0.717) is 13.0 Å². The highest BCUT2D eigenvalue weighted by molar-refractivity contribution is 5.91. The number of aromatic nitrogens is 1. The lowest BCUT2D eigenvalue weighted by Crippen LogP contribution is -2.36. The largest absolute Gasteiger partial charge is 0.382 e. The molecule has 6 heteroatoms. The molecule has 1 amide bonds. The monoisotopic (exact) mass is 251 g/mol. The van der Waals surface area contributed by atoms with E-state index in [9.17, 15) is 4.79 Å². The standard InChI is InChI=1S/C12H17N3O3/c1-7-5-11(18-13-7)12(16)15(4)6-10-8(2)14-17-9(10)3/h11H,5-6H2,1-4H3. The van der Waals surface area contributed by atoms with Gasteiger partial charge in [-0.15, -0.1) is 0 Å². The number of carbonyl (C=O) groups is 1. The van der Waals surface area contributed by atoms with Gasteiger partial charge in [-0.05, 0) is 20.8 Å². The van der Waals surface area contributed by atoms with Crippen molar-refractivity contribution in [1.29, 1.82) is 0 Å². The Morgan fingerprint density at radius 1 is 1.44 bits per heavy atom. The van der Waals surface area contributed by atoms with Crippen molar-refractivity contribution in [3.63, 3.8) is 0 Å². The van der Waals surface area contributed by atoms with E-state index in [1.807, 2.05) is 20.8 Å². The molecule has 0 saturated carbocycles. The van der Waals surface area contributed by atoms with Gasteiger partial charge in [0.05, 0.1) is 18.0 Å². The van der Waals surface area contributed by atoms with E-state index in [2.05, 4.69) is 10.3 Å². The van der Waals surface area contributed by atoms with Crippen LogP contribution >= 0.6 is 0 Å². The maximum absolute atomic E-state index is 12.1. The maximum atomic E-state index is 12.1. The fraction of sp³-hybridized carbons (Fsp3) is 0.583. The van der Waals surface area contributed by atoms with E-state index >= 15 is 0 Å². The van der Waals surface area contributed by atoms with Gasteiger partial charge >= 0.3 is 0 Å². The number of hydrogen-bond acceptors (Lipinski definition) is 5. The summed E-state index contributed by atoms with van der Waals surface area (Å²) in [7, 11) is 1.74. The van der Waals surface area contributed by atoms with Crippen molar-refractivity contribution in [2.45, 2.75) is 39.8 Å². The predicted octanol–water partition coefficient (Wildman–Crippen LogP) is 1.41. The third-order valence-electron chi connectivity index (χ3n) is 3.04. The van der Waals surface area contributed by atoms with Crippen molar-refractivity contribution >= 4 is 11.6 Å². The second-order valence-corrected chi connectivity index (χ2v) is 4.62. The van der Waals surface area contributed by atoms with Gasteiger partial charge in [-0.2, -0.15) is 0 Å². The van der Waals surface area contributed by atoms with E-state index in [4.69, 9.17) is 9.36 Å². The smallest absolute Gasteiger partial charge is 0.266 e. The Morgan fingerprint density at radius 2 is 2.17 bits per heavy atom. The van der Waals surface area contributed by atoms with E-state index in [1.165, 1.54) is 0 Å². The molecule has 0 aliphatic carbocycles. The molecule has 0 radical (unpaired) electrons. The number of hydrogen-bond donors (Lipinski definition) is 0. The zero-order chi connectivity index (χ0) is 13.3. The summed E-state index contributed by atoms with van der Waals surface area (Å²) in [6.07, 6.45) is 0.0700. The van der Waals surface area contributed by atoms with E-state index in [-0.39, 0.29) is 5.91 Å². The van der Waals surface area contributed by atoms with Crippen LogP contribution in [0.1, 0.15) is 30.4 Å². The zero-order valence-corrected chi connectivity index (χ0v) is 11.1. The summed E-state index contributed by atoms with van der Waals surface area (Å²) >= 11 is 0. The minimum atomic E-state index is -0.490. The fourth-order valence-corrected chi connectivity index (χ4v) is 1.92. The lowest BCUT2D eigenvalue weighted by atomic mass is 10.1. The van der Waals surface area contributed by atoms with Crippen LogP contribution in [0, 0.1) is 13.8 Å². The molecule has 18 heavy (non-hydrogen) atoms. The van der Waals surface area contributed by atoms with Crippen molar-refractivity contribution in [1.82, 2.24) is 10.1 Å². The number of carbonyl (C=O) groups excluding carboxylic acids is 1. The molecule has 0 aromatic carbocycles. The average molecular weight is 251 g/mol. The second-order valence-electron chi connectivity index (χ2n) is 4.62. The Hall–Kier alpha value is -1.85. The minimum absolute atomic E-state index is 0.0735. The molecule has 6 nitrogen and oxygen atoms in total. The average Bonchev–Trinajstić information content (AvgIpc) is 2.89. The van der Waals surface area contributed by atoms with Gasteiger partial charge in [-0.25, -0.2) is 0 Å². The summed E-state index contributed by atoms with van der Waals surface area (Å²) in [5, 5.41) is 7.66. The molecule has 1 aliphatic rings. The molecule has 1 atom stereocenters. The molecule has 1 unspecified atom stereocenters. The van der Waals surface area contributed by atoms with Crippen LogP contribution < -0.4 is 0 Å². The number of rotatable bonds is 3. The number of nitrogens with zero attached hydrogens (tertiary/aromatic N) is 3. The summed E-state index contributed by atoms with van der Waals surface area (Å²) in [6.45, 7) is 6.02. The SMILES string of the molecule is CC1=NOC(C(=O)N(C)Cc2c(C)noc2C)C1. The Kier molecular flexibility index (Phi) is 3.36. The van der Waals surface area contributed by atoms with Gasteiger partial charge in [0.25, 0.3) is 5.91 Å². The molecule has 1 aromatic heterocycles. The molecule has 1 aromatic rings. The molecule has 2 heterocycles. The van der Waals surface area contributed by atoms with Crippen LogP contribution in [0.3, 0.4) is 0 Å². The second kappa shape index (κ2) is 4.80. The van der Waals surface area contributed by atoms with Crippen LogP contribution in [0.15, 0.2) is 9.68 Å². The quantitative estimate of drug-likeness (QED) is 0.814. The van der Waals surface area contributed by atoms with E-state index < -0.39 is 6.10 Å². The molecule has 0 bridgehead atoms. The normalized spacial score (nSPS) is 18.4. The van der Waals surface area contributed by atoms with Crippen LogP contribution in [0.2, 0.25) is 0 Å². The Labute approximate surface area is 106 Å². The summed E-state index contributed by atoms with van der Waals surface area (Å²) in [5.41, 5.74) is 2.60. The van der Waals surface area contributed by atoms with Gasteiger partial charge in [0.15, 0.2) is 0 Å². The molecule has 0 saturated heterocycles. The highest BCUT2D eigenvalue weighted by Gasteiger charge is 2.29. The summed E-state index contributed by atoms with van der Waals surface area (Å²) in [4.78, 5) is 18.8. The summed E-state index contributed by atoms with van der Waals surface area (Å²) in [5.74, 6) is 0.669. The Bertz CT molecular complexity index is 473. The molecule has 1 aliphatic heterocycles. The first-order valence-corrected chi connectivity index (χ1v) is 5.85. The first kappa shape index (κ1) is 12.6. The third kappa shape index (κ3) is 2.37. The first-order chi connectivity index (χ1) is 8.49. The van der Waals surface area contributed by atoms with Gasteiger partial charge in [-0.1, -0.05) is 10.3 Å². The van der Waals surface area contributed by atoms with Crippen LogP contribution in [0.5, 0.6) is 0 Å². The first-order valence-electron chi connectivity index (χ1n) is 5.85. The van der Waals surface area contributed by atoms with Crippen LogP contribution in [0.4, 0.5) is 0 Å². The topological polar surface area (TPSA) is 67.9 Å². The van der Waals surface area contributed by atoms with Gasteiger partial charge in [0, 0.05) is 19.0 Å². The fourth-order valence-electron chi connectivity index (χ4n) is 1.92. The summed E-state index contributed by atoms with van der Waals surface area (Å²) in [6, 6.07) is 0. The molecule has 2 rings (SSSR count). The summed E-state index contributed by atoms with van der Waals surface area (Å²) < 4.78 is 5.08. The lowest BCUT2D eigenvalue weighted by Gasteiger charge is -2.19. The van der Waals surface area contributed by atoms with Crippen molar-refractivity contribution in [2.24, 2.45) is 5.16 Å². The minimum Gasteiger partial charge on any atom is -0.382 e. The molecular formula is C12H17N3O3. The maximum Gasteiger partial charge on any atom is 0.266 e. The van der Waals surface area contributed by atoms with E-state index in [1.54, 1.807) is 11.9 Å². The molecular weight excluding hydrogens is 234 g/mol. The van der Waals surface area contributed by atoms with Gasteiger partial charge in [0.2, 0.25) is 6.10 Å². The zero-order valence-electron chi connectivity index (χ0n) is 11.1. The van der Waals surface area contributed by atoms with Crippen LogP contribution in [-0.2, 0) is 16.2 Å². The number of oxime groups is 1. The van der Waals surface area contributed by atoms with Crippen LogP contribution in [0.25, 0.3) is 0 Å². The molecule has 0 fully saturated rings. The molecule has 0 spiro atoms. The van der Waals surface area contributed by atoms with E-state index in [0.717, 1.165) is 22.7 Å². The van der Waals surface area contributed by atoms with Crippen LogP contribution in [-0.4, -0.2) is 34.8 Å². The molecule has 98 valence electrons. The lowest BCUT2D eigenvalue weighted by molar-refractivity contribution is -0.141. The van der Waals surface area contributed by atoms with Gasteiger partial charge < -0.3 is 14.3 Å². The van der Waals surface area contributed by atoms with Crippen molar-refractivity contribution in [3.8, 4) is 0 Å². The van der Waals surface area contributed by atoms with Gasteiger partial charge in [0.1, 0.15) is 5.76 Å². The highest BCUT2D eigenvalue weighted by atomic mass is 16.6. The van der Waals surface area contributed by atoms with Crippen molar-refractivity contribution < 1.29 is 14.2 Å². The Morgan fingerprint density at radius 3 is 2.67 bits per heavy atom. The Balaban J connectivity index is 2.00. The van der Waals surface area contributed by atoms with Crippen molar-refractivity contribution in [3.05, 3.63) is 17.0 Å². The number of aryl methyl sites for hydroxylation is 2. The van der Waals surface area contributed by atoms with Crippen molar-refractivity contribution in [2.75, 3.05) is 7.05 Å². The third-order valence-corrected chi connectivity index (χ3v) is 3.04. The predicted molar refractivity (Wildman–Crippen MR) is 65.1 cm³/mol. The number of amides is 1. The van der Waals surface area contributed by atoms with Gasteiger partial charge in [-0.3, -0.25) is 4.79 Å². The highest BCUT2D eigenvalue weighted by Crippen LogP contribution is 2.17. The molecule has 0 N–H and O–H groups in total.